The number of carboxylic acid groups (broad SMARTS) is 1. The summed E-state index contributed by atoms with van der Waals surface area (Å²) < 4.78 is 6.95. The zero-order valence-electron chi connectivity index (χ0n) is 10.3. The first-order valence-corrected chi connectivity index (χ1v) is 5.57. The van der Waals surface area contributed by atoms with Crippen molar-refractivity contribution in [2.45, 2.75) is 0 Å². The van der Waals surface area contributed by atoms with Gasteiger partial charge < -0.3 is 14.7 Å². The van der Waals surface area contributed by atoms with Crippen molar-refractivity contribution in [3.63, 3.8) is 0 Å². The van der Waals surface area contributed by atoms with E-state index in [9.17, 15) is 9.90 Å². The fourth-order valence-corrected chi connectivity index (χ4v) is 1.59. The van der Waals surface area contributed by atoms with Crippen molar-refractivity contribution >= 4 is 11.6 Å². The van der Waals surface area contributed by atoms with E-state index in [1.165, 1.54) is 4.40 Å². The Morgan fingerprint density at radius 1 is 1.50 bits per heavy atom. The first-order valence-electron chi connectivity index (χ1n) is 5.57. The van der Waals surface area contributed by atoms with Crippen LogP contribution in [0.5, 0.6) is 5.88 Å². The summed E-state index contributed by atoms with van der Waals surface area (Å²) in [5, 5.41) is 9.21. The van der Waals surface area contributed by atoms with Gasteiger partial charge in [-0.3, -0.25) is 4.40 Å². The largest absolute Gasteiger partial charge is 0.476 e. The third-order valence-electron chi connectivity index (χ3n) is 2.48. The number of rotatable bonds is 5. The molecule has 0 amide bonds. The highest BCUT2D eigenvalue weighted by molar-refractivity contribution is 5.89. The van der Waals surface area contributed by atoms with Crippen LogP contribution in [0.25, 0.3) is 5.65 Å². The number of hydrogen-bond acceptors (Lipinski definition) is 4. The van der Waals surface area contributed by atoms with E-state index in [-0.39, 0.29) is 11.6 Å². The number of ether oxygens (including phenoxy) is 1. The van der Waals surface area contributed by atoms with Gasteiger partial charge in [0.25, 0.3) is 0 Å². The summed E-state index contributed by atoms with van der Waals surface area (Å²) in [5.41, 5.74) is 0.624. The van der Waals surface area contributed by atoms with Gasteiger partial charge in [-0.2, -0.15) is 4.98 Å². The number of nitrogens with zero attached hydrogens (tertiary/aromatic N) is 3. The molecular formula is C12H15N3O3. The summed E-state index contributed by atoms with van der Waals surface area (Å²) in [6, 6.07) is 5.30. The SMILES string of the molecule is CN(C)CCOc1nc2ccccn2c1C(=O)O. The number of pyridine rings is 1. The molecule has 0 aliphatic rings. The number of carbonyl (C=O) groups is 1. The topological polar surface area (TPSA) is 67.1 Å². The van der Waals surface area contributed by atoms with Crippen molar-refractivity contribution in [3.8, 4) is 5.88 Å². The zero-order chi connectivity index (χ0) is 13.1. The molecule has 0 spiro atoms. The summed E-state index contributed by atoms with van der Waals surface area (Å²) in [6.45, 7) is 1.10. The standard InChI is InChI=1S/C12H15N3O3/c1-14(2)7-8-18-11-10(12(16)17)15-6-4-3-5-9(15)13-11/h3-6H,7-8H2,1-2H3,(H,16,17). The Bertz CT molecular complexity index is 563. The van der Waals surface area contributed by atoms with Gasteiger partial charge in [-0.25, -0.2) is 4.79 Å². The number of aromatic carboxylic acids is 1. The van der Waals surface area contributed by atoms with Crippen LogP contribution < -0.4 is 4.74 Å². The average Bonchev–Trinajstić information content (AvgIpc) is 2.66. The summed E-state index contributed by atoms with van der Waals surface area (Å²) in [7, 11) is 3.84. The molecule has 0 aliphatic carbocycles. The highest BCUT2D eigenvalue weighted by Gasteiger charge is 2.19. The molecule has 0 atom stereocenters. The Hall–Kier alpha value is -2.08. The minimum atomic E-state index is -1.05. The zero-order valence-corrected chi connectivity index (χ0v) is 10.3. The van der Waals surface area contributed by atoms with E-state index >= 15 is 0 Å². The first kappa shape index (κ1) is 12.4. The van der Waals surface area contributed by atoms with Crippen LogP contribution in [0.4, 0.5) is 0 Å². The van der Waals surface area contributed by atoms with Gasteiger partial charge in [-0.15, -0.1) is 0 Å². The Morgan fingerprint density at radius 3 is 2.94 bits per heavy atom. The number of hydrogen-bond donors (Lipinski definition) is 1. The van der Waals surface area contributed by atoms with Gasteiger partial charge in [0.1, 0.15) is 12.3 Å². The maximum absolute atomic E-state index is 11.2. The van der Waals surface area contributed by atoms with Crippen molar-refractivity contribution in [2.24, 2.45) is 0 Å². The molecule has 0 saturated heterocycles. The molecule has 2 aromatic rings. The molecule has 1 N–H and O–H groups in total. The van der Waals surface area contributed by atoms with Crippen LogP contribution in [-0.4, -0.2) is 52.6 Å². The number of likely N-dealkylation sites (N-methyl/N-ethyl adjacent to an activating group) is 1. The van der Waals surface area contributed by atoms with E-state index in [2.05, 4.69) is 4.98 Å². The van der Waals surface area contributed by atoms with Crippen molar-refractivity contribution in [2.75, 3.05) is 27.2 Å². The minimum absolute atomic E-state index is 0.0596. The number of fused-ring (bicyclic) bond motifs is 1. The van der Waals surface area contributed by atoms with E-state index in [1.54, 1.807) is 24.4 Å². The van der Waals surface area contributed by atoms with Crippen molar-refractivity contribution in [1.82, 2.24) is 14.3 Å². The van der Waals surface area contributed by atoms with E-state index in [1.807, 2.05) is 19.0 Å². The van der Waals surface area contributed by atoms with Gasteiger partial charge in [0.15, 0.2) is 5.69 Å². The van der Waals surface area contributed by atoms with Gasteiger partial charge in [0, 0.05) is 12.7 Å². The molecule has 0 saturated carbocycles. The molecule has 2 heterocycles. The molecule has 0 aliphatic heterocycles. The Morgan fingerprint density at radius 2 is 2.28 bits per heavy atom. The molecule has 18 heavy (non-hydrogen) atoms. The molecule has 0 fully saturated rings. The maximum Gasteiger partial charge on any atom is 0.358 e. The molecule has 96 valence electrons. The number of carboxylic acids is 1. The van der Waals surface area contributed by atoms with Crippen molar-refractivity contribution in [3.05, 3.63) is 30.1 Å². The smallest absolute Gasteiger partial charge is 0.358 e. The lowest BCUT2D eigenvalue weighted by Crippen LogP contribution is -2.20. The van der Waals surface area contributed by atoms with Gasteiger partial charge in [-0.05, 0) is 26.2 Å². The highest BCUT2D eigenvalue weighted by Crippen LogP contribution is 2.19. The van der Waals surface area contributed by atoms with Crippen molar-refractivity contribution < 1.29 is 14.6 Å². The second kappa shape index (κ2) is 5.05. The Balaban J connectivity index is 2.31. The molecule has 0 radical (unpaired) electrons. The highest BCUT2D eigenvalue weighted by atomic mass is 16.5. The molecule has 6 nitrogen and oxygen atoms in total. The van der Waals surface area contributed by atoms with E-state index in [0.717, 1.165) is 0 Å². The third kappa shape index (κ3) is 2.43. The van der Waals surface area contributed by atoms with Gasteiger partial charge >= 0.3 is 5.97 Å². The lowest BCUT2D eigenvalue weighted by molar-refractivity contribution is 0.0683. The summed E-state index contributed by atoms with van der Waals surface area (Å²) in [5.74, 6) is -0.885. The van der Waals surface area contributed by atoms with Crippen LogP contribution in [0.2, 0.25) is 0 Å². The maximum atomic E-state index is 11.2. The van der Waals surface area contributed by atoms with Crippen LogP contribution in [0.3, 0.4) is 0 Å². The predicted molar refractivity (Wildman–Crippen MR) is 66.2 cm³/mol. The van der Waals surface area contributed by atoms with E-state index in [0.29, 0.717) is 18.8 Å². The number of imidazole rings is 1. The Labute approximate surface area is 104 Å². The molecule has 6 heteroatoms. The second-order valence-electron chi connectivity index (χ2n) is 4.15. The van der Waals surface area contributed by atoms with E-state index in [4.69, 9.17) is 4.74 Å². The summed E-state index contributed by atoms with van der Waals surface area (Å²) in [4.78, 5) is 17.4. The molecule has 2 aromatic heterocycles. The Kier molecular flexibility index (Phi) is 3.47. The van der Waals surface area contributed by atoms with Crippen LogP contribution in [0, 0.1) is 0 Å². The van der Waals surface area contributed by atoms with Gasteiger partial charge in [-0.1, -0.05) is 6.07 Å². The first-order chi connectivity index (χ1) is 8.59. The molecule has 0 bridgehead atoms. The van der Waals surface area contributed by atoms with E-state index < -0.39 is 5.97 Å². The van der Waals surface area contributed by atoms with Crippen LogP contribution >= 0.6 is 0 Å². The van der Waals surface area contributed by atoms with Crippen molar-refractivity contribution in [1.29, 1.82) is 0 Å². The third-order valence-corrected chi connectivity index (χ3v) is 2.48. The number of aromatic nitrogens is 2. The normalized spacial score (nSPS) is 11.1. The minimum Gasteiger partial charge on any atom is -0.476 e. The van der Waals surface area contributed by atoms with Gasteiger partial charge in [0.05, 0.1) is 0 Å². The summed E-state index contributed by atoms with van der Waals surface area (Å²) >= 11 is 0. The molecule has 0 aromatic carbocycles. The van der Waals surface area contributed by atoms with Crippen LogP contribution in [-0.2, 0) is 0 Å². The lowest BCUT2D eigenvalue weighted by atomic mass is 10.4. The molecular weight excluding hydrogens is 234 g/mol. The predicted octanol–water partition coefficient (Wildman–Crippen LogP) is 0.973. The monoisotopic (exact) mass is 249 g/mol. The fourth-order valence-electron chi connectivity index (χ4n) is 1.59. The quantitative estimate of drug-likeness (QED) is 0.855. The molecule has 2 rings (SSSR count). The molecule has 0 unspecified atom stereocenters. The second-order valence-corrected chi connectivity index (χ2v) is 4.15. The fraction of sp³-hybridized carbons (Fsp3) is 0.333. The van der Waals surface area contributed by atoms with Crippen LogP contribution in [0.1, 0.15) is 10.5 Å². The lowest BCUT2D eigenvalue weighted by Gasteiger charge is -2.09. The van der Waals surface area contributed by atoms with Crippen LogP contribution in [0.15, 0.2) is 24.4 Å². The summed E-state index contributed by atoms with van der Waals surface area (Å²) in [6.07, 6.45) is 1.66. The van der Waals surface area contributed by atoms with Gasteiger partial charge in [0.2, 0.25) is 5.88 Å². The average molecular weight is 249 g/mol.